The number of hydrogen-bond acceptors (Lipinski definition) is 8. The predicted molar refractivity (Wildman–Crippen MR) is 183 cm³/mol. The molecule has 0 spiro atoms. The first-order valence-corrected chi connectivity index (χ1v) is 18.0. The first-order valence-electron chi connectivity index (χ1n) is 18.0. The second-order valence-electron chi connectivity index (χ2n) is 12.2. The van der Waals surface area contributed by atoms with Gasteiger partial charge in [0.25, 0.3) is 0 Å². The highest BCUT2D eigenvalue weighted by molar-refractivity contribution is 5.69. The van der Waals surface area contributed by atoms with Crippen LogP contribution >= 0.6 is 0 Å². The maximum Gasteiger partial charge on any atom is 0.508 e. The lowest BCUT2D eigenvalue weighted by atomic mass is 10.1. The molecule has 1 atom stereocenters. The molecule has 0 aromatic rings. The van der Waals surface area contributed by atoms with E-state index in [0.29, 0.717) is 32.3 Å². The van der Waals surface area contributed by atoms with E-state index >= 15 is 0 Å². The SMILES string of the molecule is CCCCC/C=C\C/C=C\CCCCCCCC(=O)OCCCOC(=O)CCC(CCCCCC)OC(=O)OCCCN(C)C. The highest BCUT2D eigenvalue weighted by atomic mass is 16.7. The lowest BCUT2D eigenvalue weighted by molar-refractivity contribution is -0.146. The van der Waals surface area contributed by atoms with E-state index in [4.69, 9.17) is 18.9 Å². The summed E-state index contributed by atoms with van der Waals surface area (Å²) < 4.78 is 21.3. The Morgan fingerprint density at radius 3 is 1.80 bits per heavy atom. The molecular formula is C37H67NO7. The third-order valence-corrected chi connectivity index (χ3v) is 7.43. The number of carbonyl (C=O) groups excluding carboxylic acids is 3. The van der Waals surface area contributed by atoms with Crippen LogP contribution in [-0.2, 0) is 28.5 Å². The van der Waals surface area contributed by atoms with Crippen LogP contribution in [0.5, 0.6) is 0 Å². The quantitative estimate of drug-likeness (QED) is 0.0321. The molecule has 0 saturated carbocycles. The zero-order chi connectivity index (χ0) is 33.2. The highest BCUT2D eigenvalue weighted by Crippen LogP contribution is 2.15. The maximum atomic E-state index is 12.2. The van der Waals surface area contributed by atoms with E-state index in [-0.39, 0.29) is 37.7 Å². The van der Waals surface area contributed by atoms with E-state index in [2.05, 4.69) is 38.2 Å². The Morgan fingerprint density at radius 1 is 0.578 bits per heavy atom. The number of rotatable bonds is 31. The number of esters is 2. The predicted octanol–water partition coefficient (Wildman–Crippen LogP) is 9.50. The molecule has 0 rings (SSSR count). The molecule has 0 heterocycles. The minimum Gasteiger partial charge on any atom is -0.466 e. The zero-order valence-corrected chi connectivity index (χ0v) is 29.4. The summed E-state index contributed by atoms with van der Waals surface area (Å²) in [5.74, 6) is -0.531. The van der Waals surface area contributed by atoms with Gasteiger partial charge in [0.05, 0.1) is 19.8 Å². The summed E-state index contributed by atoms with van der Waals surface area (Å²) in [6.45, 7) is 5.96. The molecule has 0 N–H and O–H groups in total. The molecule has 0 aromatic carbocycles. The third-order valence-electron chi connectivity index (χ3n) is 7.43. The van der Waals surface area contributed by atoms with Crippen LogP contribution in [0.2, 0.25) is 0 Å². The van der Waals surface area contributed by atoms with E-state index < -0.39 is 6.16 Å². The maximum absolute atomic E-state index is 12.2. The number of carbonyl (C=O) groups is 3. The van der Waals surface area contributed by atoms with E-state index in [9.17, 15) is 14.4 Å². The summed E-state index contributed by atoms with van der Waals surface area (Å²) >= 11 is 0. The summed E-state index contributed by atoms with van der Waals surface area (Å²) in [4.78, 5) is 38.4. The van der Waals surface area contributed by atoms with Gasteiger partial charge in [0.15, 0.2) is 0 Å². The standard InChI is InChI=1S/C37H67NO7/c1-5-7-9-11-12-13-14-15-16-17-18-19-20-21-23-27-35(39)42-32-25-33-43-36(40)29-28-34(26-22-10-8-6-2)45-37(41)44-31-24-30-38(3)4/h12-13,15-16,34H,5-11,14,17-33H2,1-4H3/b13-12-,16-15-. The minimum absolute atomic E-state index is 0.166. The Labute approximate surface area is 275 Å². The summed E-state index contributed by atoms with van der Waals surface area (Å²) in [6.07, 6.45) is 27.8. The molecule has 8 heteroatoms. The van der Waals surface area contributed by atoms with Crippen molar-refractivity contribution in [1.82, 2.24) is 4.90 Å². The molecule has 0 radical (unpaired) electrons. The van der Waals surface area contributed by atoms with Gasteiger partial charge >= 0.3 is 18.1 Å². The molecule has 0 saturated heterocycles. The molecule has 45 heavy (non-hydrogen) atoms. The van der Waals surface area contributed by atoms with Crippen molar-refractivity contribution < 1.29 is 33.3 Å². The monoisotopic (exact) mass is 637 g/mol. The van der Waals surface area contributed by atoms with Crippen LogP contribution in [0.3, 0.4) is 0 Å². The van der Waals surface area contributed by atoms with Gasteiger partial charge in [0, 0.05) is 25.8 Å². The minimum atomic E-state index is -0.677. The van der Waals surface area contributed by atoms with Crippen LogP contribution in [-0.4, -0.2) is 69.6 Å². The lowest BCUT2D eigenvalue weighted by Gasteiger charge is -2.18. The largest absolute Gasteiger partial charge is 0.508 e. The molecule has 262 valence electrons. The van der Waals surface area contributed by atoms with Crippen molar-refractivity contribution in [3.8, 4) is 0 Å². The molecule has 0 amide bonds. The van der Waals surface area contributed by atoms with Gasteiger partial charge in [0.1, 0.15) is 6.10 Å². The Balaban J connectivity index is 3.87. The Hall–Kier alpha value is -2.35. The van der Waals surface area contributed by atoms with Crippen molar-refractivity contribution >= 4 is 18.1 Å². The average Bonchev–Trinajstić information content (AvgIpc) is 3.01. The fourth-order valence-corrected chi connectivity index (χ4v) is 4.70. The molecule has 0 bridgehead atoms. The Bertz CT molecular complexity index is 766. The molecule has 1 unspecified atom stereocenters. The van der Waals surface area contributed by atoms with Crippen LogP contribution in [0.15, 0.2) is 24.3 Å². The lowest BCUT2D eigenvalue weighted by Crippen LogP contribution is -2.22. The summed E-state index contributed by atoms with van der Waals surface area (Å²) in [5, 5.41) is 0. The van der Waals surface area contributed by atoms with E-state index in [1.165, 1.54) is 38.5 Å². The van der Waals surface area contributed by atoms with Gasteiger partial charge in [-0.2, -0.15) is 0 Å². The van der Waals surface area contributed by atoms with Gasteiger partial charge in [-0.1, -0.05) is 89.5 Å². The fourth-order valence-electron chi connectivity index (χ4n) is 4.70. The van der Waals surface area contributed by atoms with Gasteiger partial charge in [-0.3, -0.25) is 9.59 Å². The molecule has 0 aliphatic heterocycles. The van der Waals surface area contributed by atoms with Crippen molar-refractivity contribution in [2.24, 2.45) is 0 Å². The molecule has 0 aliphatic rings. The normalized spacial score (nSPS) is 12.2. The van der Waals surface area contributed by atoms with Gasteiger partial charge in [-0.25, -0.2) is 4.79 Å². The Morgan fingerprint density at radius 2 is 1.13 bits per heavy atom. The second kappa shape index (κ2) is 33.0. The van der Waals surface area contributed by atoms with Crippen LogP contribution in [0.25, 0.3) is 0 Å². The van der Waals surface area contributed by atoms with Crippen LogP contribution < -0.4 is 0 Å². The van der Waals surface area contributed by atoms with Gasteiger partial charge in [0.2, 0.25) is 0 Å². The summed E-state index contributed by atoms with van der Waals surface area (Å²) in [5.41, 5.74) is 0. The van der Waals surface area contributed by atoms with Crippen molar-refractivity contribution in [1.29, 1.82) is 0 Å². The van der Waals surface area contributed by atoms with Crippen molar-refractivity contribution in [3.05, 3.63) is 24.3 Å². The first-order chi connectivity index (χ1) is 21.9. The summed E-state index contributed by atoms with van der Waals surface area (Å²) in [7, 11) is 3.94. The topological polar surface area (TPSA) is 91.4 Å². The number of nitrogens with zero attached hydrogens (tertiary/aromatic N) is 1. The second-order valence-corrected chi connectivity index (χ2v) is 12.2. The average molecular weight is 638 g/mol. The van der Waals surface area contributed by atoms with Crippen LogP contribution in [0, 0.1) is 0 Å². The van der Waals surface area contributed by atoms with Crippen molar-refractivity contribution in [3.63, 3.8) is 0 Å². The van der Waals surface area contributed by atoms with E-state index in [1.54, 1.807) is 0 Å². The summed E-state index contributed by atoms with van der Waals surface area (Å²) in [6, 6.07) is 0. The zero-order valence-electron chi connectivity index (χ0n) is 29.4. The number of allylic oxidation sites excluding steroid dienone is 4. The molecule has 0 aromatic heterocycles. The van der Waals surface area contributed by atoms with Crippen LogP contribution in [0.1, 0.15) is 149 Å². The first kappa shape index (κ1) is 42.6. The Kier molecular flexibility index (Phi) is 31.3. The third kappa shape index (κ3) is 32.8. The highest BCUT2D eigenvalue weighted by Gasteiger charge is 2.18. The number of hydrogen-bond donors (Lipinski definition) is 0. The van der Waals surface area contributed by atoms with Gasteiger partial charge < -0.3 is 23.8 Å². The van der Waals surface area contributed by atoms with Crippen LogP contribution in [0.4, 0.5) is 4.79 Å². The molecule has 0 aliphatic carbocycles. The number of unbranched alkanes of at least 4 members (excludes halogenated alkanes) is 11. The number of ether oxygens (including phenoxy) is 4. The van der Waals surface area contributed by atoms with Crippen molar-refractivity contribution in [2.45, 2.75) is 155 Å². The molecule has 8 nitrogen and oxygen atoms in total. The fraction of sp³-hybridized carbons (Fsp3) is 0.811. The molecule has 0 fully saturated rings. The van der Waals surface area contributed by atoms with Gasteiger partial charge in [-0.15, -0.1) is 0 Å². The smallest absolute Gasteiger partial charge is 0.466 e. The van der Waals surface area contributed by atoms with Gasteiger partial charge in [-0.05, 0) is 78.3 Å². The van der Waals surface area contributed by atoms with E-state index in [1.807, 2.05) is 19.0 Å². The van der Waals surface area contributed by atoms with Crippen molar-refractivity contribution in [2.75, 3.05) is 40.5 Å². The molecular weight excluding hydrogens is 570 g/mol. The van der Waals surface area contributed by atoms with E-state index in [0.717, 1.165) is 70.8 Å².